The van der Waals surface area contributed by atoms with Crippen LogP contribution in [0.25, 0.3) is 0 Å². The van der Waals surface area contributed by atoms with Crippen molar-refractivity contribution in [1.29, 1.82) is 0 Å². The van der Waals surface area contributed by atoms with Gasteiger partial charge >= 0.3 is 26.2 Å². The molecule has 1 atom stereocenters. The van der Waals surface area contributed by atoms with Gasteiger partial charge in [0, 0.05) is 73.5 Å². The van der Waals surface area contributed by atoms with E-state index in [9.17, 15) is 0 Å². The van der Waals surface area contributed by atoms with E-state index in [1.165, 1.54) is 0 Å². The molecule has 3 aliphatic rings. The molecule has 0 aliphatic carbocycles. The van der Waals surface area contributed by atoms with Crippen LogP contribution in [0.5, 0.6) is 0 Å². The van der Waals surface area contributed by atoms with Gasteiger partial charge in [-0.25, -0.2) is 0 Å². The molecule has 29 heavy (non-hydrogen) atoms. The van der Waals surface area contributed by atoms with Crippen molar-refractivity contribution >= 4 is 26.2 Å². The molecule has 0 radical (unpaired) electrons. The Balaban J connectivity index is 1.60. The summed E-state index contributed by atoms with van der Waals surface area (Å²) >= 11 is 0. The maximum Gasteiger partial charge on any atom is 0.428 e. The molecule has 3 aliphatic heterocycles. The van der Waals surface area contributed by atoms with E-state index in [1.54, 1.807) is 28.4 Å². The van der Waals surface area contributed by atoms with Gasteiger partial charge in [-0.05, 0) is 38.9 Å². The van der Waals surface area contributed by atoms with Gasteiger partial charge < -0.3 is 26.6 Å². The fourth-order valence-corrected chi connectivity index (χ4v) is 14.3. The molecule has 0 bridgehead atoms. The van der Waals surface area contributed by atoms with E-state index in [0.717, 1.165) is 70.2 Å². The molecular weight excluding hydrogens is 426 g/mol. The van der Waals surface area contributed by atoms with Crippen molar-refractivity contribution in [3.63, 3.8) is 0 Å². The normalized spacial score (nSPS) is 30.5. The van der Waals surface area contributed by atoms with Gasteiger partial charge in [-0.1, -0.05) is 0 Å². The van der Waals surface area contributed by atoms with E-state index in [2.05, 4.69) is 13.7 Å². The molecule has 0 spiro atoms. The fourth-order valence-electron chi connectivity index (χ4n) is 5.17. The Kier molecular flexibility index (Phi) is 8.48. The van der Waals surface area contributed by atoms with Gasteiger partial charge in [-0.15, -0.1) is 0 Å². The molecule has 170 valence electrons. The van der Waals surface area contributed by atoms with Crippen LogP contribution in [-0.2, 0) is 26.6 Å². The maximum atomic E-state index is 6.56. The fraction of sp³-hybridized carbons (Fsp3) is 1.00. The van der Waals surface area contributed by atoms with E-state index in [1.807, 2.05) is 7.11 Å². The van der Waals surface area contributed by atoms with E-state index in [0.29, 0.717) is 6.61 Å². The Labute approximate surface area is 179 Å². The largest absolute Gasteiger partial charge is 0.428 e. The number of hydrogen-bond donors (Lipinski definition) is 0. The van der Waals surface area contributed by atoms with Crippen molar-refractivity contribution in [2.75, 3.05) is 75.0 Å². The molecule has 0 amide bonds. The molecule has 0 N–H and O–H groups in total. The Morgan fingerprint density at radius 3 is 1.52 bits per heavy atom. The summed E-state index contributed by atoms with van der Waals surface area (Å²) < 4.78 is 43.3. The van der Waals surface area contributed by atoms with Crippen LogP contribution in [0.4, 0.5) is 0 Å². The molecule has 9 nitrogen and oxygen atoms in total. The van der Waals surface area contributed by atoms with Gasteiger partial charge in [-0.3, -0.25) is 13.7 Å². The molecule has 0 aromatic heterocycles. The SMILES string of the molecule is CO[Si]1(OC)CCCN1CCO[Si]1(OC)CCCN1CN1CCC[Si]1(OC)OC. The predicted molar refractivity (Wildman–Crippen MR) is 116 cm³/mol. The van der Waals surface area contributed by atoms with E-state index >= 15 is 0 Å². The Morgan fingerprint density at radius 2 is 1.00 bits per heavy atom. The second-order valence-electron chi connectivity index (χ2n) is 7.97. The van der Waals surface area contributed by atoms with Crippen molar-refractivity contribution < 1.29 is 26.6 Å². The minimum Gasteiger partial charge on any atom is -0.386 e. The van der Waals surface area contributed by atoms with Crippen molar-refractivity contribution in [2.24, 2.45) is 0 Å². The minimum atomic E-state index is -2.42. The predicted octanol–water partition coefficient (Wildman–Crippen LogP) is 1.13. The molecule has 1 unspecified atom stereocenters. The molecule has 0 aromatic carbocycles. The second-order valence-corrected chi connectivity index (χ2v) is 18.0. The minimum absolute atomic E-state index is 0.648. The molecule has 3 saturated heterocycles. The molecule has 12 heteroatoms. The highest BCUT2D eigenvalue weighted by molar-refractivity contribution is 6.67. The number of nitrogens with zero attached hydrogens (tertiary/aromatic N) is 3. The lowest BCUT2D eigenvalue weighted by molar-refractivity contribution is 0.102. The molecular formula is C17H39N3O6Si3. The average Bonchev–Trinajstić information content (AvgIpc) is 3.46. The summed E-state index contributed by atoms with van der Waals surface area (Å²) in [4.78, 5) is 0. The summed E-state index contributed by atoms with van der Waals surface area (Å²) in [6.45, 7) is 5.33. The molecule has 0 aromatic rings. The average molecular weight is 466 g/mol. The first-order valence-electron chi connectivity index (χ1n) is 10.7. The number of rotatable bonds is 11. The van der Waals surface area contributed by atoms with Gasteiger partial charge in [0.25, 0.3) is 0 Å². The zero-order valence-corrected chi connectivity index (χ0v) is 21.8. The zero-order chi connectivity index (χ0) is 21.0. The van der Waals surface area contributed by atoms with Crippen LogP contribution in [0.2, 0.25) is 18.1 Å². The van der Waals surface area contributed by atoms with Crippen LogP contribution in [-0.4, -0.2) is 115 Å². The quantitative estimate of drug-likeness (QED) is 0.418. The monoisotopic (exact) mass is 465 g/mol. The highest BCUT2D eigenvalue weighted by Crippen LogP contribution is 2.33. The zero-order valence-electron chi connectivity index (χ0n) is 18.8. The van der Waals surface area contributed by atoms with E-state index in [-0.39, 0.29) is 0 Å². The Bertz CT molecular complexity index is 529. The first-order chi connectivity index (χ1) is 14.0. The summed E-state index contributed by atoms with van der Waals surface area (Å²) in [6, 6.07) is 3.05. The first kappa shape index (κ1) is 23.9. The van der Waals surface area contributed by atoms with Crippen LogP contribution < -0.4 is 0 Å². The summed E-state index contributed by atoms with van der Waals surface area (Å²) in [5, 5.41) is 0. The van der Waals surface area contributed by atoms with Crippen LogP contribution in [0.15, 0.2) is 0 Å². The van der Waals surface area contributed by atoms with Crippen LogP contribution in [0.3, 0.4) is 0 Å². The van der Waals surface area contributed by atoms with Gasteiger partial charge in [-0.2, -0.15) is 0 Å². The first-order valence-corrected chi connectivity index (χ1v) is 16.6. The van der Waals surface area contributed by atoms with E-state index in [4.69, 9.17) is 26.6 Å². The molecule has 3 rings (SSSR count). The summed E-state index contributed by atoms with van der Waals surface area (Å²) in [6.07, 6.45) is 3.36. The third-order valence-electron chi connectivity index (χ3n) is 6.83. The van der Waals surface area contributed by atoms with Gasteiger partial charge in [0.05, 0.1) is 0 Å². The van der Waals surface area contributed by atoms with Gasteiger partial charge in [0.2, 0.25) is 0 Å². The third-order valence-corrected chi connectivity index (χ3v) is 17.7. The Hall–Kier alpha value is 0.291. The lowest BCUT2D eigenvalue weighted by Crippen LogP contribution is -2.63. The van der Waals surface area contributed by atoms with Crippen LogP contribution in [0.1, 0.15) is 19.3 Å². The third kappa shape index (κ3) is 4.59. The van der Waals surface area contributed by atoms with Gasteiger partial charge in [0.1, 0.15) is 0 Å². The summed E-state index contributed by atoms with van der Waals surface area (Å²) in [7, 11) is 2.03. The van der Waals surface area contributed by atoms with E-state index < -0.39 is 26.2 Å². The van der Waals surface area contributed by atoms with Crippen LogP contribution in [0, 0.1) is 0 Å². The van der Waals surface area contributed by atoms with Crippen LogP contribution >= 0.6 is 0 Å². The number of hydrogen-bond acceptors (Lipinski definition) is 9. The standard InChI is InChI=1S/C17H39N3O6Si3/c1-21-27(22-2)14-6-9-18(27)12-13-26-29(25-5)16-8-11-20(29)17-19-10-7-15-28(19,23-3)24-4/h6-17H2,1-5H3. The second kappa shape index (κ2) is 10.3. The highest BCUT2D eigenvalue weighted by Gasteiger charge is 2.54. The molecule has 3 fully saturated rings. The smallest absolute Gasteiger partial charge is 0.386 e. The summed E-state index contributed by atoms with van der Waals surface area (Å²) in [5.74, 6) is 0. The van der Waals surface area contributed by atoms with Crippen molar-refractivity contribution in [2.45, 2.75) is 37.4 Å². The molecule has 0 saturated carbocycles. The lowest BCUT2D eigenvalue weighted by Gasteiger charge is -2.40. The maximum absolute atomic E-state index is 6.56. The Morgan fingerprint density at radius 1 is 0.586 bits per heavy atom. The van der Waals surface area contributed by atoms with Crippen molar-refractivity contribution in [3.8, 4) is 0 Å². The molecule has 3 heterocycles. The van der Waals surface area contributed by atoms with Crippen molar-refractivity contribution in [1.82, 2.24) is 13.7 Å². The topological polar surface area (TPSA) is 65.1 Å². The summed E-state index contributed by atoms with van der Waals surface area (Å²) in [5.41, 5.74) is 0. The lowest BCUT2D eigenvalue weighted by atomic mass is 10.5. The highest BCUT2D eigenvalue weighted by atomic mass is 28.4. The van der Waals surface area contributed by atoms with Gasteiger partial charge in [0.15, 0.2) is 0 Å². The van der Waals surface area contributed by atoms with Crippen molar-refractivity contribution in [3.05, 3.63) is 0 Å².